The minimum Gasteiger partial charge on any atom is -0.508 e. The predicted molar refractivity (Wildman–Crippen MR) is 101 cm³/mol. The summed E-state index contributed by atoms with van der Waals surface area (Å²) in [5.41, 5.74) is 2.42. The fourth-order valence-electron chi connectivity index (χ4n) is 3.86. The van der Waals surface area contributed by atoms with Crippen LogP contribution in [-0.4, -0.2) is 37.2 Å². The number of aromatic hydroxyl groups is 1. The zero-order valence-corrected chi connectivity index (χ0v) is 16.1. The Bertz CT molecular complexity index is 1020. The summed E-state index contributed by atoms with van der Waals surface area (Å²) in [4.78, 5) is 19.8. The van der Waals surface area contributed by atoms with Crippen LogP contribution in [0.3, 0.4) is 0 Å². The highest BCUT2D eigenvalue weighted by molar-refractivity contribution is 6.09. The van der Waals surface area contributed by atoms with Gasteiger partial charge in [0.2, 0.25) is 5.89 Å². The Balaban J connectivity index is 1.74. The molecule has 2 aromatic heterocycles. The lowest BCUT2D eigenvalue weighted by atomic mass is 10.1. The van der Waals surface area contributed by atoms with Gasteiger partial charge in [0.15, 0.2) is 5.82 Å². The molecule has 1 unspecified atom stereocenters. The highest BCUT2D eigenvalue weighted by Crippen LogP contribution is 2.36. The molecule has 1 N–H and O–H groups in total. The van der Waals surface area contributed by atoms with E-state index in [-0.39, 0.29) is 23.6 Å². The highest BCUT2D eigenvalue weighted by Gasteiger charge is 2.36. The predicted octanol–water partition coefficient (Wildman–Crippen LogP) is 3.68. The molecule has 142 valence electrons. The second-order valence-corrected chi connectivity index (χ2v) is 7.52. The van der Waals surface area contributed by atoms with Crippen molar-refractivity contribution in [1.82, 2.24) is 19.6 Å². The first-order chi connectivity index (χ1) is 12.9. The molecular weight excluding hydrogens is 344 g/mol. The third-order valence-corrected chi connectivity index (χ3v) is 5.46. The van der Waals surface area contributed by atoms with Gasteiger partial charge in [-0.05, 0) is 38.0 Å². The van der Waals surface area contributed by atoms with Crippen LogP contribution in [0, 0.1) is 6.92 Å². The monoisotopic (exact) mass is 368 g/mol. The van der Waals surface area contributed by atoms with Crippen LogP contribution in [0.25, 0.3) is 10.9 Å². The van der Waals surface area contributed by atoms with Gasteiger partial charge in [-0.15, -0.1) is 0 Å². The van der Waals surface area contributed by atoms with Gasteiger partial charge in [-0.25, -0.2) is 0 Å². The number of aromatic nitrogens is 3. The molecule has 3 heterocycles. The minimum atomic E-state index is -0.204. The molecular formula is C20H24N4O3. The van der Waals surface area contributed by atoms with E-state index in [1.54, 1.807) is 12.1 Å². The topological polar surface area (TPSA) is 84.4 Å². The number of aryl methyl sites for hydroxylation is 1. The Kier molecular flexibility index (Phi) is 4.17. The number of carbonyl (C=O) groups is 1. The lowest BCUT2D eigenvalue weighted by molar-refractivity contribution is 0.0711. The summed E-state index contributed by atoms with van der Waals surface area (Å²) in [5.74, 6) is 1.44. The third-order valence-electron chi connectivity index (χ3n) is 5.46. The van der Waals surface area contributed by atoms with Crippen molar-refractivity contribution in [2.24, 2.45) is 7.05 Å². The normalized spacial score (nSPS) is 17.4. The molecule has 3 aromatic rings. The van der Waals surface area contributed by atoms with E-state index in [1.165, 1.54) is 0 Å². The lowest BCUT2D eigenvalue weighted by Crippen LogP contribution is -2.31. The van der Waals surface area contributed by atoms with Crippen LogP contribution >= 0.6 is 0 Å². The molecule has 1 atom stereocenters. The second-order valence-electron chi connectivity index (χ2n) is 7.52. The molecule has 1 aliphatic rings. The first kappa shape index (κ1) is 17.6. The van der Waals surface area contributed by atoms with E-state index in [0.29, 0.717) is 23.8 Å². The largest absolute Gasteiger partial charge is 0.508 e. The van der Waals surface area contributed by atoms with Gasteiger partial charge in [0.1, 0.15) is 11.8 Å². The first-order valence-corrected chi connectivity index (χ1v) is 9.31. The summed E-state index contributed by atoms with van der Waals surface area (Å²) >= 11 is 0. The van der Waals surface area contributed by atoms with Crippen LogP contribution in [0.4, 0.5) is 0 Å². The number of carbonyl (C=O) groups excluding carboxylic acids is 1. The number of hydrogen-bond acceptors (Lipinski definition) is 5. The molecule has 1 fully saturated rings. The van der Waals surface area contributed by atoms with Crippen molar-refractivity contribution in [1.29, 1.82) is 0 Å². The van der Waals surface area contributed by atoms with E-state index in [9.17, 15) is 9.90 Å². The van der Waals surface area contributed by atoms with E-state index in [2.05, 4.69) is 10.1 Å². The number of hydrogen-bond donors (Lipinski definition) is 1. The van der Waals surface area contributed by atoms with Crippen LogP contribution in [0.1, 0.15) is 66.4 Å². The van der Waals surface area contributed by atoms with Gasteiger partial charge in [0, 0.05) is 36.1 Å². The van der Waals surface area contributed by atoms with Gasteiger partial charge in [0.05, 0.1) is 5.56 Å². The maximum Gasteiger partial charge on any atom is 0.256 e. The molecule has 1 saturated heterocycles. The fraction of sp³-hybridized carbons (Fsp3) is 0.450. The minimum absolute atomic E-state index is 0.0597. The average Bonchev–Trinajstić information content (AvgIpc) is 3.34. The number of rotatable bonds is 3. The van der Waals surface area contributed by atoms with E-state index in [1.807, 2.05) is 43.4 Å². The van der Waals surface area contributed by atoms with Crippen LogP contribution < -0.4 is 0 Å². The molecule has 1 amide bonds. The lowest BCUT2D eigenvalue weighted by Gasteiger charge is -2.22. The number of fused-ring (bicyclic) bond motifs is 1. The number of nitrogens with zero attached hydrogens (tertiary/aromatic N) is 4. The molecule has 4 rings (SSSR count). The standard InChI is InChI=1S/C20H24N4O3/c1-11(2)18-21-19(27-22-18)16-6-5-9-24(16)20(26)17-12(3)23(4)15-8-7-13(25)10-14(15)17/h7-8,10-11,16,25H,5-6,9H2,1-4H3. The third kappa shape index (κ3) is 2.78. The summed E-state index contributed by atoms with van der Waals surface area (Å²) in [6.07, 6.45) is 1.70. The molecule has 0 radical (unpaired) electrons. The number of phenols is 1. The molecule has 1 aromatic carbocycles. The van der Waals surface area contributed by atoms with Crippen LogP contribution in [0.5, 0.6) is 5.75 Å². The van der Waals surface area contributed by atoms with Crippen molar-refractivity contribution in [3.05, 3.63) is 41.2 Å². The number of amides is 1. The van der Waals surface area contributed by atoms with Gasteiger partial charge < -0.3 is 19.1 Å². The molecule has 0 bridgehead atoms. The van der Waals surface area contributed by atoms with Crippen molar-refractivity contribution in [2.45, 2.75) is 45.6 Å². The Morgan fingerprint density at radius 3 is 2.85 bits per heavy atom. The maximum absolute atomic E-state index is 13.5. The number of likely N-dealkylation sites (tertiary alicyclic amines) is 1. The number of benzene rings is 1. The van der Waals surface area contributed by atoms with Gasteiger partial charge in [-0.1, -0.05) is 19.0 Å². The Hall–Kier alpha value is -2.83. The second kappa shape index (κ2) is 6.40. The highest BCUT2D eigenvalue weighted by atomic mass is 16.5. The smallest absolute Gasteiger partial charge is 0.256 e. The van der Waals surface area contributed by atoms with E-state index >= 15 is 0 Å². The molecule has 7 heteroatoms. The van der Waals surface area contributed by atoms with Crippen molar-refractivity contribution < 1.29 is 14.4 Å². The van der Waals surface area contributed by atoms with Crippen molar-refractivity contribution in [3.8, 4) is 5.75 Å². The summed E-state index contributed by atoms with van der Waals surface area (Å²) in [6, 6.07) is 4.93. The zero-order chi connectivity index (χ0) is 19.3. The van der Waals surface area contributed by atoms with Gasteiger partial charge in [0.25, 0.3) is 5.91 Å². The van der Waals surface area contributed by atoms with Gasteiger partial charge in [-0.2, -0.15) is 4.98 Å². The van der Waals surface area contributed by atoms with Crippen molar-refractivity contribution in [2.75, 3.05) is 6.54 Å². The van der Waals surface area contributed by atoms with E-state index < -0.39 is 0 Å². The quantitative estimate of drug-likeness (QED) is 0.762. The SMILES string of the molecule is Cc1c(C(=O)N2CCCC2c2nc(C(C)C)no2)c2cc(O)ccc2n1C. The van der Waals surface area contributed by atoms with Crippen LogP contribution in [0.2, 0.25) is 0 Å². The first-order valence-electron chi connectivity index (χ1n) is 9.31. The molecule has 1 aliphatic heterocycles. The molecule has 0 aliphatic carbocycles. The van der Waals surface area contributed by atoms with Gasteiger partial charge in [-0.3, -0.25) is 4.79 Å². The van der Waals surface area contributed by atoms with E-state index in [0.717, 1.165) is 29.4 Å². The summed E-state index contributed by atoms with van der Waals surface area (Å²) < 4.78 is 7.45. The fourth-order valence-corrected chi connectivity index (χ4v) is 3.86. The molecule has 0 spiro atoms. The maximum atomic E-state index is 13.5. The van der Waals surface area contributed by atoms with Gasteiger partial charge >= 0.3 is 0 Å². The van der Waals surface area contributed by atoms with Crippen molar-refractivity contribution >= 4 is 16.8 Å². The Morgan fingerprint density at radius 2 is 2.15 bits per heavy atom. The van der Waals surface area contributed by atoms with E-state index in [4.69, 9.17) is 4.52 Å². The molecule has 0 saturated carbocycles. The summed E-state index contributed by atoms with van der Waals surface area (Å²) in [5, 5.41) is 14.7. The Labute approximate surface area is 157 Å². The molecule has 7 nitrogen and oxygen atoms in total. The van der Waals surface area contributed by atoms with Crippen molar-refractivity contribution in [3.63, 3.8) is 0 Å². The summed E-state index contributed by atoms with van der Waals surface area (Å²) in [7, 11) is 1.93. The summed E-state index contributed by atoms with van der Waals surface area (Å²) in [6.45, 7) is 6.60. The number of phenolic OH excluding ortho intramolecular Hbond substituents is 1. The molecule has 27 heavy (non-hydrogen) atoms. The van der Waals surface area contributed by atoms with Crippen LogP contribution in [-0.2, 0) is 7.05 Å². The average molecular weight is 368 g/mol. The van der Waals surface area contributed by atoms with Crippen LogP contribution in [0.15, 0.2) is 22.7 Å². The zero-order valence-electron chi connectivity index (χ0n) is 16.1. The Morgan fingerprint density at radius 1 is 1.37 bits per heavy atom.